The highest BCUT2D eigenvalue weighted by molar-refractivity contribution is 5.73. The molecule has 10 heteroatoms. The maximum absolute atomic E-state index is 11.1. The smallest absolute Gasteiger partial charge is 0.217 e. The number of rotatable bonds is 7. The van der Waals surface area contributed by atoms with Gasteiger partial charge < -0.3 is 45.4 Å². The largest absolute Gasteiger partial charge is 0.394 e. The summed E-state index contributed by atoms with van der Waals surface area (Å²) in [7, 11) is 0. The molecule has 1 rings (SSSR count). The van der Waals surface area contributed by atoms with Gasteiger partial charge >= 0.3 is 0 Å². The van der Waals surface area contributed by atoms with Crippen molar-refractivity contribution in [2.75, 3.05) is 13.2 Å². The van der Waals surface area contributed by atoms with E-state index in [1.807, 2.05) is 0 Å². The molecule has 8 atom stereocenters. The molecular formula is C13H25NO9. The van der Waals surface area contributed by atoms with Gasteiger partial charge in [0.05, 0.1) is 25.4 Å². The Morgan fingerprint density at radius 2 is 1.83 bits per heavy atom. The molecule has 1 saturated heterocycles. The van der Waals surface area contributed by atoms with Crippen LogP contribution in [-0.2, 0) is 14.3 Å². The summed E-state index contributed by atoms with van der Waals surface area (Å²) in [6.07, 6.45) is -9.68. The van der Waals surface area contributed by atoms with Crippen LogP contribution in [0.2, 0.25) is 0 Å². The van der Waals surface area contributed by atoms with Gasteiger partial charge in [0.1, 0.15) is 30.5 Å². The van der Waals surface area contributed by atoms with Crippen molar-refractivity contribution in [3.63, 3.8) is 0 Å². The Morgan fingerprint density at radius 3 is 2.30 bits per heavy atom. The molecule has 3 unspecified atom stereocenters. The number of carbonyl (C=O) groups excluding carboxylic acids is 1. The van der Waals surface area contributed by atoms with Crippen LogP contribution >= 0.6 is 0 Å². The Kier molecular flexibility index (Phi) is 7.77. The van der Waals surface area contributed by atoms with E-state index < -0.39 is 61.5 Å². The minimum absolute atomic E-state index is 0.339. The van der Waals surface area contributed by atoms with Crippen LogP contribution in [0.25, 0.3) is 0 Å². The molecule has 7 N–H and O–H groups in total. The molecule has 136 valence electrons. The fourth-order valence-electron chi connectivity index (χ4n) is 2.23. The molecule has 1 fully saturated rings. The van der Waals surface area contributed by atoms with Gasteiger partial charge in [0.15, 0.2) is 6.29 Å². The van der Waals surface area contributed by atoms with Gasteiger partial charge in [-0.3, -0.25) is 4.79 Å². The molecular weight excluding hydrogens is 314 g/mol. The quantitative estimate of drug-likeness (QED) is 0.245. The lowest BCUT2D eigenvalue weighted by molar-refractivity contribution is -0.303. The number of ether oxygens (including phenoxy) is 2. The predicted molar refractivity (Wildman–Crippen MR) is 75.0 cm³/mol. The van der Waals surface area contributed by atoms with E-state index in [1.54, 1.807) is 0 Å². The highest BCUT2D eigenvalue weighted by Crippen LogP contribution is 2.22. The van der Waals surface area contributed by atoms with E-state index in [0.717, 1.165) is 0 Å². The van der Waals surface area contributed by atoms with Crippen LogP contribution in [-0.4, -0.2) is 98.7 Å². The topological polar surface area (TPSA) is 169 Å². The second-order valence-corrected chi connectivity index (χ2v) is 5.57. The van der Waals surface area contributed by atoms with Crippen LogP contribution in [0.15, 0.2) is 0 Å². The lowest BCUT2D eigenvalue weighted by Crippen LogP contribution is -2.60. The zero-order valence-corrected chi connectivity index (χ0v) is 12.9. The number of amides is 1. The summed E-state index contributed by atoms with van der Waals surface area (Å²) in [5.74, 6) is -0.466. The Morgan fingerprint density at radius 1 is 1.22 bits per heavy atom. The number of nitrogens with one attached hydrogen (secondary N) is 1. The van der Waals surface area contributed by atoms with E-state index >= 15 is 0 Å². The summed E-state index contributed by atoms with van der Waals surface area (Å²) in [6.45, 7) is 1.60. The Balaban J connectivity index is 2.69. The highest BCUT2D eigenvalue weighted by atomic mass is 16.7. The first-order chi connectivity index (χ1) is 10.7. The summed E-state index contributed by atoms with van der Waals surface area (Å²) in [5, 5.41) is 59.8. The molecule has 0 radical (unpaired) electrons. The van der Waals surface area contributed by atoms with Crippen molar-refractivity contribution in [2.24, 2.45) is 0 Å². The molecule has 23 heavy (non-hydrogen) atoms. The lowest BCUT2D eigenvalue weighted by Gasteiger charge is -2.40. The molecule has 0 saturated carbocycles. The van der Waals surface area contributed by atoms with Gasteiger partial charge in [0.2, 0.25) is 5.91 Å². The summed E-state index contributed by atoms with van der Waals surface area (Å²) in [5.41, 5.74) is 0. The second kappa shape index (κ2) is 8.85. The molecule has 0 aromatic rings. The van der Waals surface area contributed by atoms with E-state index in [2.05, 4.69) is 5.32 Å². The van der Waals surface area contributed by atoms with Crippen molar-refractivity contribution in [3.8, 4) is 0 Å². The van der Waals surface area contributed by atoms with Crippen molar-refractivity contribution >= 4 is 5.91 Å². The van der Waals surface area contributed by atoms with Crippen molar-refractivity contribution in [1.29, 1.82) is 0 Å². The van der Waals surface area contributed by atoms with Crippen molar-refractivity contribution < 1.29 is 44.9 Å². The molecule has 0 aromatic carbocycles. The Labute approximate surface area is 133 Å². The van der Waals surface area contributed by atoms with Gasteiger partial charge in [0, 0.05) is 6.92 Å². The third kappa shape index (κ3) is 5.33. The van der Waals surface area contributed by atoms with Gasteiger partial charge in [0.25, 0.3) is 0 Å². The lowest BCUT2D eigenvalue weighted by atomic mass is 9.99. The fourth-order valence-corrected chi connectivity index (χ4v) is 2.23. The summed E-state index contributed by atoms with van der Waals surface area (Å²) >= 11 is 0. The molecule has 0 bridgehead atoms. The SMILES string of the molecule is CC(=O)N[C@@H](CO[C@H]1OC(CO)[C@H](O)C(O)C1O)[C@H](O)[C@@H](C)O. The fraction of sp³-hybridized carbons (Fsp3) is 0.923. The average Bonchev–Trinajstić information content (AvgIpc) is 2.49. The Bertz CT molecular complexity index is 378. The van der Waals surface area contributed by atoms with E-state index in [1.165, 1.54) is 13.8 Å². The van der Waals surface area contributed by atoms with Crippen LogP contribution in [0.1, 0.15) is 13.8 Å². The van der Waals surface area contributed by atoms with Gasteiger partial charge in [-0.2, -0.15) is 0 Å². The van der Waals surface area contributed by atoms with Crippen molar-refractivity contribution in [3.05, 3.63) is 0 Å². The zero-order chi connectivity index (χ0) is 17.7. The number of aliphatic hydroxyl groups is 6. The summed E-state index contributed by atoms with van der Waals surface area (Å²) in [6, 6.07) is -0.986. The van der Waals surface area contributed by atoms with E-state index in [-0.39, 0.29) is 6.61 Å². The van der Waals surface area contributed by atoms with Crippen molar-refractivity contribution in [1.82, 2.24) is 5.32 Å². The summed E-state index contributed by atoms with van der Waals surface area (Å²) < 4.78 is 10.4. The van der Waals surface area contributed by atoms with Crippen molar-refractivity contribution in [2.45, 2.75) is 62.8 Å². The Hall–Kier alpha value is -0.850. The van der Waals surface area contributed by atoms with Crippen LogP contribution < -0.4 is 5.32 Å². The minimum Gasteiger partial charge on any atom is -0.394 e. The number of hydrogen-bond donors (Lipinski definition) is 7. The second-order valence-electron chi connectivity index (χ2n) is 5.57. The first kappa shape index (κ1) is 20.2. The predicted octanol–water partition coefficient (Wildman–Crippen LogP) is -3.95. The van der Waals surface area contributed by atoms with Gasteiger partial charge in [-0.1, -0.05) is 0 Å². The normalized spacial score (nSPS) is 35.4. The number of aliphatic hydroxyl groups excluding tert-OH is 6. The molecule has 1 heterocycles. The van der Waals surface area contributed by atoms with E-state index in [4.69, 9.17) is 14.6 Å². The average molecular weight is 339 g/mol. The molecule has 0 aliphatic carbocycles. The molecule has 10 nitrogen and oxygen atoms in total. The molecule has 0 spiro atoms. The summed E-state index contributed by atoms with van der Waals surface area (Å²) in [4.78, 5) is 11.1. The van der Waals surface area contributed by atoms with Crippen LogP contribution in [0.5, 0.6) is 0 Å². The molecule has 1 amide bonds. The van der Waals surface area contributed by atoms with Crippen LogP contribution in [0.4, 0.5) is 0 Å². The third-order valence-corrected chi connectivity index (χ3v) is 3.58. The van der Waals surface area contributed by atoms with Gasteiger partial charge in [-0.15, -0.1) is 0 Å². The maximum atomic E-state index is 11.1. The first-order valence-electron chi connectivity index (χ1n) is 7.24. The van der Waals surface area contributed by atoms with Gasteiger partial charge in [-0.25, -0.2) is 0 Å². The molecule has 1 aliphatic rings. The standard InChI is InChI=1S/C13H25NO9/c1-5(16)9(18)7(14-6(2)17)4-22-13-12(21)11(20)10(19)8(3-15)23-13/h5,7-13,15-16,18-21H,3-4H2,1-2H3,(H,14,17)/t5-,7+,8?,9-,10+,11?,12?,13+/m1/s1. The molecule has 0 aromatic heterocycles. The number of carbonyl (C=O) groups is 1. The maximum Gasteiger partial charge on any atom is 0.217 e. The number of hydrogen-bond acceptors (Lipinski definition) is 9. The van der Waals surface area contributed by atoms with Crippen LogP contribution in [0, 0.1) is 0 Å². The third-order valence-electron chi connectivity index (χ3n) is 3.58. The highest BCUT2D eigenvalue weighted by Gasteiger charge is 2.44. The zero-order valence-electron chi connectivity index (χ0n) is 12.9. The van der Waals surface area contributed by atoms with Gasteiger partial charge in [-0.05, 0) is 6.92 Å². The first-order valence-corrected chi connectivity index (χ1v) is 7.24. The molecule has 1 aliphatic heterocycles. The minimum atomic E-state index is -1.59. The monoisotopic (exact) mass is 339 g/mol. The van der Waals surface area contributed by atoms with Crippen LogP contribution in [0.3, 0.4) is 0 Å². The van der Waals surface area contributed by atoms with E-state index in [0.29, 0.717) is 0 Å². The van der Waals surface area contributed by atoms with E-state index in [9.17, 15) is 30.3 Å².